The molecule has 0 spiro atoms. The molecule has 4 rings (SSSR count). The highest BCUT2D eigenvalue weighted by Crippen LogP contribution is 2.34. The Morgan fingerprint density at radius 2 is 2.00 bits per heavy atom. The molecule has 136 valence electrons. The minimum atomic E-state index is -0.372. The second kappa shape index (κ2) is 7.31. The van der Waals surface area contributed by atoms with Crippen LogP contribution in [0.25, 0.3) is 0 Å². The number of nitrogens with one attached hydrogen (secondary N) is 4. The second-order valence-corrected chi connectivity index (χ2v) is 6.59. The summed E-state index contributed by atoms with van der Waals surface area (Å²) in [6.07, 6.45) is 4.02. The summed E-state index contributed by atoms with van der Waals surface area (Å²) in [5.74, 6) is 0.776. The molecule has 4 N–H and O–H groups in total. The summed E-state index contributed by atoms with van der Waals surface area (Å²) in [7, 11) is 1.63. The molecule has 26 heavy (non-hydrogen) atoms. The number of ether oxygens (including phenoxy) is 1. The molecule has 2 fully saturated rings. The number of hydrogen-bond acceptors (Lipinski definition) is 6. The van der Waals surface area contributed by atoms with Gasteiger partial charge in [-0.05, 0) is 48.7 Å². The molecule has 7 heteroatoms. The minimum Gasteiger partial charge on any atom is -0.495 e. The molecule has 7 nitrogen and oxygen atoms in total. The van der Waals surface area contributed by atoms with Crippen LogP contribution < -0.4 is 26.0 Å². The zero-order valence-corrected chi connectivity index (χ0v) is 14.6. The zero-order valence-electron chi connectivity index (χ0n) is 14.6. The van der Waals surface area contributed by atoms with E-state index in [1.54, 1.807) is 19.5 Å². The van der Waals surface area contributed by atoms with Crippen LogP contribution in [-0.2, 0) is 4.79 Å². The van der Waals surface area contributed by atoms with Crippen LogP contribution in [0, 0.1) is 5.92 Å². The van der Waals surface area contributed by atoms with Crippen LogP contribution in [0.5, 0.6) is 5.75 Å². The number of aromatic nitrogens is 1. The lowest BCUT2D eigenvalue weighted by molar-refractivity contribution is -0.131. The summed E-state index contributed by atoms with van der Waals surface area (Å²) < 4.78 is 5.37. The number of carbonyl (C=O) groups is 1. The zero-order chi connectivity index (χ0) is 17.9. The van der Waals surface area contributed by atoms with Gasteiger partial charge in [-0.1, -0.05) is 12.1 Å². The summed E-state index contributed by atoms with van der Waals surface area (Å²) in [4.78, 5) is 17.0. The third-order valence-electron chi connectivity index (χ3n) is 5.09. The lowest BCUT2D eigenvalue weighted by Gasteiger charge is -2.44. The van der Waals surface area contributed by atoms with Crippen LogP contribution in [0.2, 0.25) is 0 Å². The number of piperidine rings is 1. The van der Waals surface area contributed by atoms with Gasteiger partial charge in [0.25, 0.3) is 0 Å². The fourth-order valence-corrected chi connectivity index (χ4v) is 3.87. The van der Waals surface area contributed by atoms with Crippen molar-refractivity contribution in [3.8, 4) is 5.75 Å². The van der Waals surface area contributed by atoms with E-state index in [-0.39, 0.29) is 30.2 Å². The third-order valence-corrected chi connectivity index (χ3v) is 5.09. The van der Waals surface area contributed by atoms with Gasteiger partial charge in [0, 0.05) is 12.4 Å². The molecule has 0 aliphatic carbocycles. The van der Waals surface area contributed by atoms with E-state index in [1.807, 2.05) is 36.4 Å². The summed E-state index contributed by atoms with van der Waals surface area (Å²) in [6.45, 7) is 0.857. The Morgan fingerprint density at radius 1 is 1.19 bits per heavy atom. The monoisotopic (exact) mass is 353 g/mol. The molecular formula is C19H23N5O2. The number of para-hydroxylation sites is 2. The molecule has 1 amide bonds. The summed E-state index contributed by atoms with van der Waals surface area (Å²) in [5, 5.41) is 13.2. The molecule has 2 saturated heterocycles. The average Bonchev–Trinajstić information content (AvgIpc) is 2.68. The maximum Gasteiger partial charge on any atom is 0.229 e. The normalized spacial score (nSPS) is 28.0. The van der Waals surface area contributed by atoms with Crippen molar-refractivity contribution in [2.24, 2.45) is 5.92 Å². The molecule has 4 atom stereocenters. The topological polar surface area (TPSA) is 87.3 Å². The molecule has 0 radical (unpaired) electrons. The number of fused-ring (bicyclic) bond motifs is 1. The molecule has 1 aromatic carbocycles. The van der Waals surface area contributed by atoms with E-state index in [2.05, 4.69) is 26.3 Å². The standard InChI is InChI=1S/C19H23N5O2/c1-26-15-5-3-2-4-14(15)22-19-23-17-16(18(25)24-19)13(8-11-21-17)12-6-9-20-10-7-12/h2-7,9-10,13,16-17,19,21-23H,8,11H2,1H3,(H,24,25). The van der Waals surface area contributed by atoms with Crippen LogP contribution in [-0.4, -0.2) is 37.0 Å². The van der Waals surface area contributed by atoms with Crippen molar-refractivity contribution in [2.75, 3.05) is 19.0 Å². The third kappa shape index (κ3) is 3.23. The highest BCUT2D eigenvalue weighted by molar-refractivity contribution is 5.82. The fraction of sp³-hybridized carbons (Fsp3) is 0.368. The maximum absolute atomic E-state index is 12.9. The summed E-state index contributed by atoms with van der Waals surface area (Å²) in [5.41, 5.74) is 1.98. The van der Waals surface area contributed by atoms with Crippen molar-refractivity contribution in [1.29, 1.82) is 0 Å². The van der Waals surface area contributed by atoms with E-state index in [1.165, 1.54) is 0 Å². The molecule has 2 aliphatic rings. The lowest BCUT2D eigenvalue weighted by atomic mass is 9.78. The number of anilines is 1. The number of benzene rings is 1. The highest BCUT2D eigenvalue weighted by atomic mass is 16.5. The predicted molar refractivity (Wildman–Crippen MR) is 98.6 cm³/mol. The number of rotatable bonds is 4. The first-order chi connectivity index (χ1) is 12.8. The Hall–Kier alpha value is -2.64. The second-order valence-electron chi connectivity index (χ2n) is 6.59. The number of nitrogens with zero attached hydrogens (tertiary/aromatic N) is 1. The van der Waals surface area contributed by atoms with Gasteiger partial charge in [-0.15, -0.1) is 0 Å². The van der Waals surface area contributed by atoms with Crippen molar-refractivity contribution in [2.45, 2.75) is 24.8 Å². The van der Waals surface area contributed by atoms with E-state index in [9.17, 15) is 4.79 Å². The number of methoxy groups -OCH3 is 1. The van der Waals surface area contributed by atoms with Crippen LogP contribution >= 0.6 is 0 Å². The first-order valence-electron chi connectivity index (χ1n) is 8.85. The average molecular weight is 353 g/mol. The Kier molecular flexibility index (Phi) is 4.73. The van der Waals surface area contributed by atoms with Crippen LogP contribution in [0.15, 0.2) is 48.8 Å². The minimum absolute atomic E-state index is 0.0372. The van der Waals surface area contributed by atoms with Crippen LogP contribution in [0.4, 0.5) is 5.69 Å². The van der Waals surface area contributed by atoms with Gasteiger partial charge in [0.05, 0.1) is 24.9 Å². The van der Waals surface area contributed by atoms with E-state index in [0.717, 1.165) is 30.0 Å². The molecule has 2 aliphatic heterocycles. The van der Waals surface area contributed by atoms with Crippen molar-refractivity contribution < 1.29 is 9.53 Å². The van der Waals surface area contributed by atoms with E-state index < -0.39 is 0 Å². The first kappa shape index (κ1) is 16.8. The number of carbonyl (C=O) groups excluding carboxylic acids is 1. The van der Waals surface area contributed by atoms with E-state index in [0.29, 0.717) is 0 Å². The summed E-state index contributed by atoms with van der Waals surface area (Å²) >= 11 is 0. The van der Waals surface area contributed by atoms with Gasteiger partial charge in [0.1, 0.15) is 5.75 Å². The Morgan fingerprint density at radius 3 is 2.81 bits per heavy atom. The van der Waals surface area contributed by atoms with Crippen molar-refractivity contribution in [1.82, 2.24) is 20.9 Å². The molecule has 1 aromatic heterocycles. The Bertz CT molecular complexity index is 770. The van der Waals surface area contributed by atoms with Gasteiger partial charge in [-0.3, -0.25) is 15.1 Å². The molecule has 0 saturated carbocycles. The number of pyridine rings is 1. The lowest BCUT2D eigenvalue weighted by Crippen LogP contribution is -2.70. The van der Waals surface area contributed by atoms with Gasteiger partial charge >= 0.3 is 0 Å². The number of hydrogen-bond donors (Lipinski definition) is 4. The smallest absolute Gasteiger partial charge is 0.229 e. The molecule has 3 heterocycles. The van der Waals surface area contributed by atoms with Gasteiger partial charge < -0.3 is 20.7 Å². The van der Waals surface area contributed by atoms with Crippen molar-refractivity contribution in [3.05, 3.63) is 54.4 Å². The molecular weight excluding hydrogens is 330 g/mol. The quantitative estimate of drug-likeness (QED) is 0.661. The van der Waals surface area contributed by atoms with E-state index in [4.69, 9.17) is 4.74 Å². The maximum atomic E-state index is 12.9. The number of amides is 1. The van der Waals surface area contributed by atoms with Crippen molar-refractivity contribution >= 4 is 11.6 Å². The highest BCUT2D eigenvalue weighted by Gasteiger charge is 2.43. The molecule has 2 aromatic rings. The van der Waals surface area contributed by atoms with Crippen LogP contribution in [0.3, 0.4) is 0 Å². The Balaban J connectivity index is 1.51. The summed E-state index contributed by atoms with van der Waals surface area (Å²) in [6, 6.07) is 11.6. The fourth-order valence-electron chi connectivity index (χ4n) is 3.87. The first-order valence-corrected chi connectivity index (χ1v) is 8.85. The molecule has 4 unspecified atom stereocenters. The predicted octanol–water partition coefficient (Wildman–Crippen LogP) is 1.22. The molecule has 0 bridgehead atoms. The van der Waals surface area contributed by atoms with Gasteiger partial charge in [-0.2, -0.15) is 0 Å². The largest absolute Gasteiger partial charge is 0.495 e. The SMILES string of the molecule is COc1ccccc1NC1NC(=O)C2C(NCCC2c2ccncc2)N1. The van der Waals surface area contributed by atoms with Gasteiger partial charge in [-0.25, -0.2) is 0 Å². The van der Waals surface area contributed by atoms with Gasteiger partial charge in [0.2, 0.25) is 5.91 Å². The van der Waals surface area contributed by atoms with Crippen LogP contribution in [0.1, 0.15) is 17.9 Å². The van der Waals surface area contributed by atoms with Gasteiger partial charge in [0.15, 0.2) is 6.29 Å². The van der Waals surface area contributed by atoms with Crippen molar-refractivity contribution in [3.63, 3.8) is 0 Å². The van der Waals surface area contributed by atoms with E-state index >= 15 is 0 Å². The Labute approximate surface area is 152 Å².